The van der Waals surface area contributed by atoms with Crippen LogP contribution >= 0.6 is 0 Å². The van der Waals surface area contributed by atoms with Crippen molar-refractivity contribution in [2.24, 2.45) is 5.41 Å². The number of carbonyl (C=O) groups excluding carboxylic acids is 1. The van der Waals surface area contributed by atoms with Crippen LogP contribution in [0, 0.1) is 5.41 Å². The lowest BCUT2D eigenvalue weighted by Gasteiger charge is -2.44. The molecule has 4 rings (SSSR count). The Hall–Kier alpha value is -2.54. The predicted molar refractivity (Wildman–Crippen MR) is 92.8 cm³/mol. The molecular weight excluding hydrogens is 318 g/mol. The monoisotopic (exact) mass is 339 g/mol. The molecule has 1 unspecified atom stereocenters. The molecule has 1 aromatic heterocycles. The van der Waals surface area contributed by atoms with Gasteiger partial charge in [-0.1, -0.05) is 30.3 Å². The van der Waals surface area contributed by atoms with Gasteiger partial charge in [-0.2, -0.15) is 4.98 Å². The van der Waals surface area contributed by atoms with Crippen LogP contribution in [0.2, 0.25) is 0 Å². The molecule has 7 heteroatoms. The highest BCUT2D eigenvalue weighted by Crippen LogP contribution is 2.39. The Balaban J connectivity index is 1.51. The Morgan fingerprint density at radius 3 is 2.68 bits per heavy atom. The van der Waals surface area contributed by atoms with Crippen LogP contribution < -0.4 is 10.2 Å². The van der Waals surface area contributed by atoms with E-state index in [-0.39, 0.29) is 5.91 Å². The van der Waals surface area contributed by atoms with Gasteiger partial charge in [0, 0.05) is 25.2 Å². The van der Waals surface area contributed by atoms with Crippen molar-refractivity contribution in [2.45, 2.75) is 25.4 Å². The summed E-state index contributed by atoms with van der Waals surface area (Å²) in [7, 11) is 0. The van der Waals surface area contributed by atoms with Gasteiger partial charge in [0.05, 0.1) is 11.5 Å². The van der Waals surface area contributed by atoms with Gasteiger partial charge in [0.15, 0.2) is 5.82 Å². The van der Waals surface area contributed by atoms with Gasteiger partial charge in [-0.15, -0.1) is 0 Å². The quantitative estimate of drug-likeness (QED) is 0.848. The minimum Gasteiger partial charge on any atom is -0.391 e. The van der Waals surface area contributed by atoms with Crippen LogP contribution in [0.3, 0.4) is 0 Å². The highest BCUT2D eigenvalue weighted by Gasteiger charge is 2.45. The van der Waals surface area contributed by atoms with Crippen molar-refractivity contribution in [3.05, 3.63) is 36.7 Å². The summed E-state index contributed by atoms with van der Waals surface area (Å²) in [5.74, 6) is 1.36. The number of aliphatic hydroxyl groups is 1. The fraction of sp³-hybridized carbons (Fsp3) is 0.444. The number of aliphatic hydroxyl groups excluding tert-OH is 1. The zero-order valence-electron chi connectivity index (χ0n) is 13.9. The summed E-state index contributed by atoms with van der Waals surface area (Å²) in [4.78, 5) is 27.6. The number of hydrogen-bond acceptors (Lipinski definition) is 6. The third kappa shape index (κ3) is 3.07. The minimum absolute atomic E-state index is 0.0677. The number of carbonyl (C=O) groups is 1. The van der Waals surface area contributed by atoms with Crippen molar-refractivity contribution in [2.75, 3.05) is 24.5 Å². The van der Waals surface area contributed by atoms with Gasteiger partial charge in [-0.05, 0) is 19.3 Å². The number of nitrogens with zero attached hydrogens (tertiary/aromatic N) is 4. The smallest absolute Gasteiger partial charge is 0.228 e. The fourth-order valence-corrected chi connectivity index (χ4v) is 3.75. The van der Waals surface area contributed by atoms with Gasteiger partial charge >= 0.3 is 0 Å². The maximum Gasteiger partial charge on any atom is 0.228 e. The zero-order valence-corrected chi connectivity index (χ0v) is 13.9. The molecule has 1 atom stereocenters. The summed E-state index contributed by atoms with van der Waals surface area (Å²) in [6.45, 7) is 1.75. The highest BCUT2D eigenvalue weighted by molar-refractivity contribution is 5.83. The molecule has 2 aromatic rings. The van der Waals surface area contributed by atoms with Crippen molar-refractivity contribution in [1.29, 1.82) is 0 Å². The lowest BCUT2D eigenvalue weighted by molar-refractivity contribution is -0.138. The molecule has 2 aliphatic heterocycles. The summed E-state index contributed by atoms with van der Waals surface area (Å²) < 4.78 is 0. The number of piperidine rings is 2. The molecule has 1 spiro atoms. The Kier molecular flexibility index (Phi) is 4.09. The predicted octanol–water partition coefficient (Wildman–Crippen LogP) is 1.01. The molecule has 0 aliphatic carbocycles. The molecular formula is C18H21N5O2. The van der Waals surface area contributed by atoms with Crippen molar-refractivity contribution in [1.82, 2.24) is 20.3 Å². The zero-order chi connectivity index (χ0) is 17.3. The topological polar surface area (TPSA) is 91.2 Å². The van der Waals surface area contributed by atoms with E-state index in [1.54, 1.807) is 0 Å². The maximum atomic E-state index is 12.3. The number of nitrogens with one attached hydrogen (secondary N) is 1. The molecule has 130 valence electrons. The molecule has 2 fully saturated rings. The van der Waals surface area contributed by atoms with E-state index in [4.69, 9.17) is 0 Å². The third-order valence-electron chi connectivity index (χ3n) is 5.20. The van der Waals surface area contributed by atoms with Crippen LogP contribution in [0.5, 0.6) is 0 Å². The van der Waals surface area contributed by atoms with Crippen molar-refractivity contribution in [3.63, 3.8) is 0 Å². The minimum atomic E-state index is -0.455. The summed E-state index contributed by atoms with van der Waals surface area (Å²) in [6.07, 6.45) is 3.02. The van der Waals surface area contributed by atoms with Crippen LogP contribution in [-0.4, -0.2) is 51.7 Å². The lowest BCUT2D eigenvalue weighted by atomic mass is 9.71. The number of β-amino-alcohol motifs (C(OH)–C–C–N with tert-alkyl or cyclic N) is 1. The van der Waals surface area contributed by atoms with Crippen molar-refractivity contribution in [3.8, 4) is 11.4 Å². The first-order chi connectivity index (χ1) is 12.2. The average Bonchev–Trinajstić information content (AvgIpc) is 2.66. The molecule has 2 N–H and O–H groups in total. The Morgan fingerprint density at radius 1 is 1.16 bits per heavy atom. The van der Waals surface area contributed by atoms with Crippen LogP contribution in [0.25, 0.3) is 11.4 Å². The summed E-state index contributed by atoms with van der Waals surface area (Å²) in [5.41, 5.74) is 0.498. The summed E-state index contributed by atoms with van der Waals surface area (Å²) in [5, 5.41) is 12.8. The normalized spacial score (nSPS) is 22.7. The molecule has 25 heavy (non-hydrogen) atoms. The SMILES string of the molecule is O=C1NCC(O)CC12CCN(c1ncnc(-c3ccccc3)n1)CC2. The van der Waals surface area contributed by atoms with Crippen LogP contribution in [0.15, 0.2) is 36.7 Å². The van der Waals surface area contributed by atoms with Gasteiger partial charge < -0.3 is 15.3 Å². The fourth-order valence-electron chi connectivity index (χ4n) is 3.75. The van der Waals surface area contributed by atoms with Crippen LogP contribution in [-0.2, 0) is 4.79 Å². The molecule has 7 nitrogen and oxygen atoms in total. The number of hydrogen-bond donors (Lipinski definition) is 2. The first-order valence-electron chi connectivity index (χ1n) is 8.62. The number of rotatable bonds is 2. The number of benzene rings is 1. The molecule has 0 radical (unpaired) electrons. The van der Waals surface area contributed by atoms with E-state index in [2.05, 4.69) is 25.2 Å². The Morgan fingerprint density at radius 2 is 1.92 bits per heavy atom. The molecule has 0 bridgehead atoms. The van der Waals surface area contributed by atoms with E-state index in [9.17, 15) is 9.90 Å². The van der Waals surface area contributed by atoms with E-state index in [0.29, 0.717) is 50.7 Å². The van der Waals surface area contributed by atoms with Gasteiger partial charge in [-0.25, -0.2) is 9.97 Å². The van der Waals surface area contributed by atoms with E-state index in [1.807, 2.05) is 30.3 Å². The summed E-state index contributed by atoms with van der Waals surface area (Å²) in [6, 6.07) is 9.81. The standard InChI is InChI=1S/C18H21N5O2/c24-14-10-18(16(25)19-11-14)6-8-23(9-7-18)17-21-12-20-15(22-17)13-4-2-1-3-5-13/h1-5,12,14,24H,6-11H2,(H,19,25). The second-order valence-electron chi connectivity index (χ2n) is 6.81. The van der Waals surface area contributed by atoms with E-state index in [0.717, 1.165) is 5.56 Å². The highest BCUT2D eigenvalue weighted by atomic mass is 16.3. The number of aromatic nitrogens is 3. The van der Waals surface area contributed by atoms with Crippen molar-refractivity contribution < 1.29 is 9.90 Å². The number of amides is 1. The first kappa shape index (κ1) is 16.0. The average molecular weight is 339 g/mol. The van der Waals surface area contributed by atoms with Gasteiger partial charge in [0.25, 0.3) is 0 Å². The molecule has 0 saturated carbocycles. The Labute approximate surface area is 146 Å². The largest absolute Gasteiger partial charge is 0.391 e. The Bertz CT molecular complexity index is 759. The summed E-state index contributed by atoms with van der Waals surface area (Å²) >= 11 is 0. The second kappa shape index (κ2) is 6.40. The lowest BCUT2D eigenvalue weighted by Crippen LogP contribution is -2.56. The van der Waals surface area contributed by atoms with E-state index >= 15 is 0 Å². The maximum absolute atomic E-state index is 12.3. The van der Waals surface area contributed by atoms with Gasteiger partial charge in [0.1, 0.15) is 6.33 Å². The number of anilines is 1. The second-order valence-corrected chi connectivity index (χ2v) is 6.81. The van der Waals surface area contributed by atoms with Crippen LogP contribution in [0.1, 0.15) is 19.3 Å². The van der Waals surface area contributed by atoms with E-state index in [1.165, 1.54) is 6.33 Å². The molecule has 1 aromatic carbocycles. The first-order valence-corrected chi connectivity index (χ1v) is 8.62. The van der Waals surface area contributed by atoms with Crippen molar-refractivity contribution >= 4 is 11.9 Å². The molecule has 2 saturated heterocycles. The molecule has 2 aliphatic rings. The third-order valence-corrected chi connectivity index (χ3v) is 5.20. The van der Waals surface area contributed by atoms with Crippen LogP contribution in [0.4, 0.5) is 5.95 Å². The van der Waals surface area contributed by atoms with Gasteiger partial charge in [0.2, 0.25) is 11.9 Å². The van der Waals surface area contributed by atoms with Gasteiger partial charge in [-0.3, -0.25) is 4.79 Å². The van der Waals surface area contributed by atoms with E-state index < -0.39 is 11.5 Å². The molecule has 3 heterocycles. The molecule has 1 amide bonds.